The molecule has 1 N–H and O–H groups in total. The van der Waals surface area contributed by atoms with Gasteiger partial charge in [0.1, 0.15) is 6.42 Å². The fourth-order valence-electron chi connectivity index (χ4n) is 2.61. The van der Waals surface area contributed by atoms with Gasteiger partial charge in [0.05, 0.1) is 5.69 Å². The Morgan fingerprint density at radius 3 is 2.43 bits per heavy atom. The van der Waals surface area contributed by atoms with Gasteiger partial charge in [-0.3, -0.25) is 4.79 Å². The van der Waals surface area contributed by atoms with Gasteiger partial charge in [0.25, 0.3) is 0 Å². The van der Waals surface area contributed by atoms with Gasteiger partial charge in [-0.2, -0.15) is 4.68 Å². The van der Waals surface area contributed by atoms with E-state index in [0.29, 0.717) is 5.82 Å². The summed E-state index contributed by atoms with van der Waals surface area (Å²) in [6.07, 6.45) is 3.58. The molecule has 0 spiro atoms. The van der Waals surface area contributed by atoms with Crippen molar-refractivity contribution in [3.8, 4) is 5.69 Å². The molecule has 0 aliphatic carbocycles. The maximum Gasteiger partial charge on any atom is 0.311 e. The number of hydrogen-bond donors (Lipinski definition) is 1. The summed E-state index contributed by atoms with van der Waals surface area (Å²) in [5.74, 6) is -0.621. The van der Waals surface area contributed by atoms with Crippen molar-refractivity contribution in [1.29, 1.82) is 0 Å². The van der Waals surface area contributed by atoms with Crippen LogP contribution in [0.5, 0.6) is 0 Å². The van der Waals surface area contributed by atoms with Crippen molar-refractivity contribution in [3.63, 3.8) is 0 Å². The maximum atomic E-state index is 10.8. The standard InChI is InChI=1S/C14H17N5O2/c20-14(21)10-13-15-16-17-19(13)12-6-4-11(5-7-12)18-8-2-1-3-9-18/h4-7H,1-3,8-10H2,(H,20,21). The first-order chi connectivity index (χ1) is 10.2. The molecule has 1 aliphatic heterocycles. The minimum absolute atomic E-state index is 0.194. The van der Waals surface area contributed by atoms with Crippen molar-refractivity contribution in [3.05, 3.63) is 30.1 Å². The summed E-state index contributed by atoms with van der Waals surface area (Å²) in [5.41, 5.74) is 1.96. The second kappa shape index (κ2) is 5.90. The van der Waals surface area contributed by atoms with Gasteiger partial charge in [0.2, 0.25) is 0 Å². The van der Waals surface area contributed by atoms with Gasteiger partial charge in [-0.25, -0.2) is 0 Å². The molecule has 0 saturated carbocycles. The van der Waals surface area contributed by atoms with E-state index >= 15 is 0 Å². The van der Waals surface area contributed by atoms with E-state index in [4.69, 9.17) is 5.11 Å². The van der Waals surface area contributed by atoms with E-state index < -0.39 is 5.97 Å². The number of rotatable bonds is 4. The Hall–Kier alpha value is -2.44. The van der Waals surface area contributed by atoms with Crippen molar-refractivity contribution in [2.24, 2.45) is 0 Å². The number of carbonyl (C=O) groups is 1. The Balaban J connectivity index is 1.80. The average Bonchev–Trinajstić information content (AvgIpc) is 2.96. The lowest BCUT2D eigenvalue weighted by Crippen LogP contribution is -2.29. The van der Waals surface area contributed by atoms with Crippen molar-refractivity contribution < 1.29 is 9.90 Å². The number of piperidine rings is 1. The van der Waals surface area contributed by atoms with E-state index in [1.807, 2.05) is 24.3 Å². The lowest BCUT2D eigenvalue weighted by molar-refractivity contribution is -0.136. The molecule has 7 nitrogen and oxygen atoms in total. The van der Waals surface area contributed by atoms with E-state index in [2.05, 4.69) is 20.4 Å². The Bertz CT molecular complexity index is 617. The number of aliphatic carboxylic acids is 1. The largest absolute Gasteiger partial charge is 0.481 e. The van der Waals surface area contributed by atoms with Gasteiger partial charge in [-0.1, -0.05) is 0 Å². The Labute approximate surface area is 122 Å². The SMILES string of the molecule is O=C(O)Cc1nnnn1-c1ccc(N2CCCCC2)cc1. The highest BCUT2D eigenvalue weighted by atomic mass is 16.4. The second-order valence-corrected chi connectivity index (χ2v) is 5.14. The van der Waals surface area contributed by atoms with Crippen LogP contribution in [0.25, 0.3) is 5.69 Å². The molecule has 1 fully saturated rings. The smallest absolute Gasteiger partial charge is 0.311 e. The first-order valence-corrected chi connectivity index (χ1v) is 7.08. The third kappa shape index (κ3) is 3.01. The van der Waals surface area contributed by atoms with Crippen LogP contribution in [0.15, 0.2) is 24.3 Å². The minimum atomic E-state index is -0.948. The van der Waals surface area contributed by atoms with Gasteiger partial charge < -0.3 is 10.0 Å². The quantitative estimate of drug-likeness (QED) is 0.912. The van der Waals surface area contributed by atoms with Crippen molar-refractivity contribution in [2.75, 3.05) is 18.0 Å². The van der Waals surface area contributed by atoms with Crippen LogP contribution >= 0.6 is 0 Å². The number of benzene rings is 1. The molecule has 110 valence electrons. The zero-order valence-corrected chi connectivity index (χ0v) is 11.6. The fraction of sp³-hybridized carbons (Fsp3) is 0.429. The summed E-state index contributed by atoms with van der Waals surface area (Å²) in [4.78, 5) is 13.2. The van der Waals surface area contributed by atoms with E-state index in [0.717, 1.165) is 18.8 Å². The lowest BCUT2D eigenvalue weighted by atomic mass is 10.1. The molecule has 1 aromatic heterocycles. The number of aromatic nitrogens is 4. The van der Waals surface area contributed by atoms with Gasteiger partial charge in [0.15, 0.2) is 5.82 Å². The summed E-state index contributed by atoms with van der Waals surface area (Å²) in [6.45, 7) is 2.18. The van der Waals surface area contributed by atoms with E-state index in [-0.39, 0.29) is 6.42 Å². The third-order valence-electron chi connectivity index (χ3n) is 3.66. The molecule has 0 amide bonds. The molecular weight excluding hydrogens is 270 g/mol. The molecule has 21 heavy (non-hydrogen) atoms. The van der Waals surface area contributed by atoms with Crippen LogP contribution in [0.3, 0.4) is 0 Å². The molecule has 2 heterocycles. The van der Waals surface area contributed by atoms with E-state index in [1.54, 1.807) is 0 Å². The molecule has 0 bridgehead atoms. The Morgan fingerprint density at radius 2 is 1.76 bits per heavy atom. The number of hydrogen-bond acceptors (Lipinski definition) is 5. The van der Waals surface area contributed by atoms with Gasteiger partial charge >= 0.3 is 5.97 Å². The van der Waals surface area contributed by atoms with Crippen molar-refractivity contribution >= 4 is 11.7 Å². The average molecular weight is 287 g/mol. The summed E-state index contributed by atoms with van der Waals surface area (Å²) in [7, 11) is 0. The highest BCUT2D eigenvalue weighted by Crippen LogP contribution is 2.21. The first-order valence-electron chi connectivity index (χ1n) is 7.08. The predicted octanol–water partition coefficient (Wildman–Crippen LogP) is 1.28. The molecule has 2 aromatic rings. The number of carboxylic acids is 1. The zero-order valence-electron chi connectivity index (χ0n) is 11.6. The van der Waals surface area contributed by atoms with Gasteiger partial charge in [-0.05, 0) is 54.0 Å². The third-order valence-corrected chi connectivity index (χ3v) is 3.66. The number of nitrogens with zero attached hydrogens (tertiary/aromatic N) is 5. The summed E-state index contributed by atoms with van der Waals surface area (Å²) in [5, 5.41) is 20.0. The van der Waals surface area contributed by atoms with Crippen LogP contribution < -0.4 is 4.90 Å². The van der Waals surface area contributed by atoms with Crippen LogP contribution in [0.1, 0.15) is 25.1 Å². The summed E-state index contributed by atoms with van der Waals surface area (Å²) < 4.78 is 1.47. The number of anilines is 1. The van der Waals surface area contributed by atoms with Crippen LogP contribution in [-0.4, -0.2) is 44.4 Å². The highest BCUT2D eigenvalue weighted by Gasteiger charge is 2.14. The van der Waals surface area contributed by atoms with Crippen molar-refractivity contribution in [2.45, 2.75) is 25.7 Å². The molecular formula is C14H17N5O2. The minimum Gasteiger partial charge on any atom is -0.481 e. The van der Waals surface area contributed by atoms with Crippen LogP contribution in [0, 0.1) is 0 Å². The topological polar surface area (TPSA) is 84.1 Å². The van der Waals surface area contributed by atoms with Crippen LogP contribution in [0.2, 0.25) is 0 Å². The molecule has 7 heteroatoms. The highest BCUT2D eigenvalue weighted by molar-refractivity contribution is 5.69. The van der Waals surface area contributed by atoms with Gasteiger partial charge in [0, 0.05) is 18.8 Å². The molecule has 0 unspecified atom stereocenters. The summed E-state index contributed by atoms with van der Waals surface area (Å²) in [6, 6.07) is 7.91. The Kier molecular flexibility index (Phi) is 3.81. The van der Waals surface area contributed by atoms with Crippen molar-refractivity contribution in [1.82, 2.24) is 20.2 Å². The first kappa shape index (κ1) is 13.5. The molecule has 1 aromatic carbocycles. The zero-order chi connectivity index (χ0) is 14.7. The molecule has 3 rings (SSSR count). The van der Waals surface area contributed by atoms with E-state index in [1.165, 1.54) is 29.6 Å². The molecule has 0 radical (unpaired) electrons. The second-order valence-electron chi connectivity index (χ2n) is 5.14. The lowest BCUT2D eigenvalue weighted by Gasteiger charge is -2.28. The molecule has 1 saturated heterocycles. The van der Waals surface area contributed by atoms with E-state index in [9.17, 15) is 4.79 Å². The van der Waals surface area contributed by atoms with Crippen LogP contribution in [-0.2, 0) is 11.2 Å². The van der Waals surface area contributed by atoms with Crippen LogP contribution in [0.4, 0.5) is 5.69 Å². The summed E-state index contributed by atoms with van der Waals surface area (Å²) >= 11 is 0. The maximum absolute atomic E-state index is 10.8. The number of carboxylic acid groups (broad SMARTS) is 1. The monoisotopic (exact) mass is 287 g/mol. The Morgan fingerprint density at radius 1 is 1.10 bits per heavy atom. The predicted molar refractivity (Wildman–Crippen MR) is 76.6 cm³/mol. The van der Waals surface area contributed by atoms with Gasteiger partial charge in [-0.15, -0.1) is 5.10 Å². The molecule has 1 aliphatic rings. The normalized spacial score (nSPS) is 15.1. The number of tetrazole rings is 1. The fourth-order valence-corrected chi connectivity index (χ4v) is 2.61. The molecule has 0 atom stereocenters.